The number of nitrogens with one attached hydrogen (secondary N) is 1. The zero-order valence-electron chi connectivity index (χ0n) is 15.7. The molecule has 3 rings (SSSR count). The van der Waals surface area contributed by atoms with Gasteiger partial charge < -0.3 is 19.7 Å². The summed E-state index contributed by atoms with van der Waals surface area (Å²) in [6.45, 7) is 3.25. The third-order valence-corrected chi connectivity index (χ3v) is 4.92. The van der Waals surface area contributed by atoms with Gasteiger partial charge in [-0.05, 0) is 24.1 Å². The lowest BCUT2D eigenvalue weighted by Crippen LogP contribution is -2.45. The molecular weight excluding hydrogens is 334 g/mol. The minimum absolute atomic E-state index is 0.0212. The number of likely N-dealkylation sites (N-methyl/N-ethyl adjacent to an activating group) is 1. The molecule has 0 saturated heterocycles. The van der Waals surface area contributed by atoms with Crippen LogP contribution >= 0.6 is 0 Å². The number of benzene rings is 1. The van der Waals surface area contributed by atoms with Crippen molar-refractivity contribution < 1.29 is 19.1 Å². The summed E-state index contributed by atoms with van der Waals surface area (Å²) in [6, 6.07) is 4.67. The lowest BCUT2D eigenvalue weighted by atomic mass is 9.95. The molecule has 0 radical (unpaired) electrons. The summed E-state index contributed by atoms with van der Waals surface area (Å²) in [4.78, 5) is 28.8. The monoisotopic (exact) mass is 359 g/mol. The van der Waals surface area contributed by atoms with Gasteiger partial charge in [0.1, 0.15) is 11.5 Å². The fourth-order valence-corrected chi connectivity index (χ4v) is 3.40. The van der Waals surface area contributed by atoms with Gasteiger partial charge in [0.2, 0.25) is 0 Å². The molecule has 26 heavy (non-hydrogen) atoms. The summed E-state index contributed by atoms with van der Waals surface area (Å²) in [7, 11) is 4.84. The van der Waals surface area contributed by atoms with Crippen molar-refractivity contribution >= 4 is 11.9 Å². The molecule has 2 aliphatic heterocycles. The summed E-state index contributed by atoms with van der Waals surface area (Å²) >= 11 is 0. The average Bonchev–Trinajstić information content (AvgIpc) is 2.99. The summed E-state index contributed by atoms with van der Waals surface area (Å²) < 4.78 is 10.7. The largest absolute Gasteiger partial charge is 0.497 e. The Morgan fingerprint density at radius 2 is 1.81 bits per heavy atom. The van der Waals surface area contributed by atoms with E-state index in [4.69, 9.17) is 9.47 Å². The number of carbonyl (C=O) groups is 2. The number of carbonyl (C=O) groups excluding carboxylic acids is 2. The molecule has 0 aliphatic carbocycles. The molecule has 1 N–H and O–H groups in total. The van der Waals surface area contributed by atoms with E-state index in [-0.39, 0.29) is 11.9 Å². The van der Waals surface area contributed by atoms with Gasteiger partial charge in [0.15, 0.2) is 0 Å². The molecule has 7 heteroatoms. The predicted octanol–water partition coefficient (Wildman–Crippen LogP) is 2.30. The second-order valence-corrected chi connectivity index (χ2v) is 6.53. The Morgan fingerprint density at radius 3 is 2.38 bits per heavy atom. The Hall–Kier alpha value is -2.70. The number of ether oxygens (including phenoxy) is 2. The van der Waals surface area contributed by atoms with Crippen molar-refractivity contribution in [3.8, 4) is 11.5 Å². The van der Waals surface area contributed by atoms with Crippen LogP contribution in [0.3, 0.4) is 0 Å². The molecule has 0 spiro atoms. The van der Waals surface area contributed by atoms with E-state index >= 15 is 0 Å². The Balaban J connectivity index is 2.02. The first-order valence-corrected chi connectivity index (χ1v) is 8.79. The minimum Gasteiger partial charge on any atom is -0.497 e. The Bertz CT molecular complexity index is 737. The summed E-state index contributed by atoms with van der Waals surface area (Å²) in [6.07, 6.45) is 1.95. The number of amides is 3. The number of nitrogens with zero attached hydrogens (tertiary/aromatic N) is 2. The summed E-state index contributed by atoms with van der Waals surface area (Å²) in [5, 5.41) is 2.93. The number of hydrogen-bond donors (Lipinski definition) is 1. The lowest BCUT2D eigenvalue weighted by Gasteiger charge is -2.31. The molecule has 1 aromatic rings. The van der Waals surface area contributed by atoms with Gasteiger partial charge in [-0.1, -0.05) is 13.3 Å². The minimum atomic E-state index is -0.517. The molecule has 0 bridgehead atoms. The van der Waals surface area contributed by atoms with E-state index in [9.17, 15) is 9.59 Å². The van der Waals surface area contributed by atoms with Gasteiger partial charge in [-0.15, -0.1) is 0 Å². The highest BCUT2D eigenvalue weighted by Crippen LogP contribution is 2.38. The van der Waals surface area contributed by atoms with E-state index in [1.54, 1.807) is 27.3 Å². The van der Waals surface area contributed by atoms with E-state index in [0.717, 1.165) is 24.1 Å². The fraction of sp³-hybridized carbons (Fsp3) is 0.474. The van der Waals surface area contributed by atoms with Crippen LogP contribution in [0, 0.1) is 0 Å². The van der Waals surface area contributed by atoms with Crippen LogP contribution in [0.4, 0.5) is 4.79 Å². The first-order chi connectivity index (χ1) is 12.5. The summed E-state index contributed by atoms with van der Waals surface area (Å²) in [5.74, 6) is 1.21. The van der Waals surface area contributed by atoms with Gasteiger partial charge in [0.25, 0.3) is 5.91 Å². The van der Waals surface area contributed by atoms with Crippen LogP contribution in [0.15, 0.2) is 29.5 Å². The van der Waals surface area contributed by atoms with Crippen LogP contribution in [0.2, 0.25) is 0 Å². The smallest absolute Gasteiger partial charge is 0.322 e. The molecule has 3 amide bonds. The number of hydrogen-bond acceptors (Lipinski definition) is 4. The van der Waals surface area contributed by atoms with Crippen LogP contribution in [0.5, 0.6) is 11.5 Å². The predicted molar refractivity (Wildman–Crippen MR) is 97.1 cm³/mol. The molecule has 0 aromatic heterocycles. The standard InChI is InChI=1S/C19H25N3O4/c1-5-6-7-22-11-15-16(18(22)23)17(20-19(24)21(15)2)12-8-13(25-3)10-14(9-12)26-4/h8-10,17H,5-7,11H2,1-4H3,(H,20,24). The molecular formula is C19H25N3O4. The van der Waals surface area contributed by atoms with Crippen molar-refractivity contribution in [2.45, 2.75) is 25.8 Å². The van der Waals surface area contributed by atoms with E-state index in [1.807, 2.05) is 17.0 Å². The van der Waals surface area contributed by atoms with Crippen molar-refractivity contribution in [3.05, 3.63) is 35.0 Å². The van der Waals surface area contributed by atoms with Gasteiger partial charge in [-0.2, -0.15) is 0 Å². The zero-order chi connectivity index (χ0) is 18.8. The quantitative estimate of drug-likeness (QED) is 0.846. The van der Waals surface area contributed by atoms with Gasteiger partial charge in [0.05, 0.1) is 38.1 Å². The van der Waals surface area contributed by atoms with E-state index < -0.39 is 6.04 Å². The normalized spacial score (nSPS) is 19.6. The van der Waals surface area contributed by atoms with E-state index in [2.05, 4.69) is 12.2 Å². The molecule has 2 aliphatic rings. The molecule has 1 atom stereocenters. The molecule has 140 valence electrons. The SMILES string of the molecule is CCCCN1CC2=C(C1=O)C(c1cc(OC)cc(OC)c1)NC(=O)N2C. The van der Waals surface area contributed by atoms with E-state index in [0.29, 0.717) is 30.2 Å². The van der Waals surface area contributed by atoms with Crippen molar-refractivity contribution in [2.24, 2.45) is 0 Å². The molecule has 0 fully saturated rings. The maximum absolute atomic E-state index is 13.0. The highest BCUT2D eigenvalue weighted by Gasteiger charge is 2.42. The average molecular weight is 359 g/mol. The van der Waals surface area contributed by atoms with Crippen molar-refractivity contribution in [1.82, 2.24) is 15.1 Å². The van der Waals surface area contributed by atoms with Gasteiger partial charge >= 0.3 is 6.03 Å². The molecule has 1 aromatic carbocycles. The van der Waals surface area contributed by atoms with Crippen LogP contribution in [-0.4, -0.2) is 56.1 Å². The van der Waals surface area contributed by atoms with Gasteiger partial charge in [0, 0.05) is 19.7 Å². The van der Waals surface area contributed by atoms with Crippen molar-refractivity contribution in [3.63, 3.8) is 0 Å². The molecule has 7 nitrogen and oxygen atoms in total. The lowest BCUT2D eigenvalue weighted by molar-refractivity contribution is -0.125. The number of urea groups is 1. The van der Waals surface area contributed by atoms with Crippen LogP contribution in [-0.2, 0) is 4.79 Å². The van der Waals surface area contributed by atoms with Gasteiger partial charge in [-0.25, -0.2) is 4.79 Å². The summed E-state index contributed by atoms with van der Waals surface area (Å²) in [5.41, 5.74) is 2.15. The maximum atomic E-state index is 13.0. The Morgan fingerprint density at radius 1 is 1.15 bits per heavy atom. The molecule has 1 unspecified atom stereocenters. The second-order valence-electron chi connectivity index (χ2n) is 6.53. The Kier molecular flexibility index (Phi) is 5.06. The maximum Gasteiger partial charge on any atom is 0.322 e. The number of unbranched alkanes of at least 4 members (excludes halogenated alkanes) is 1. The van der Waals surface area contributed by atoms with Crippen LogP contribution in [0.25, 0.3) is 0 Å². The zero-order valence-corrected chi connectivity index (χ0v) is 15.7. The first kappa shape index (κ1) is 18.1. The topological polar surface area (TPSA) is 71.1 Å². The van der Waals surface area contributed by atoms with E-state index in [1.165, 1.54) is 4.90 Å². The molecule has 0 saturated carbocycles. The highest BCUT2D eigenvalue weighted by molar-refractivity contribution is 6.01. The molecule has 2 heterocycles. The first-order valence-electron chi connectivity index (χ1n) is 8.79. The van der Waals surface area contributed by atoms with Crippen LogP contribution in [0.1, 0.15) is 31.4 Å². The fourth-order valence-electron chi connectivity index (χ4n) is 3.40. The highest BCUT2D eigenvalue weighted by atomic mass is 16.5. The van der Waals surface area contributed by atoms with Gasteiger partial charge in [-0.3, -0.25) is 9.69 Å². The third kappa shape index (κ3) is 3.09. The number of rotatable bonds is 6. The number of methoxy groups -OCH3 is 2. The van der Waals surface area contributed by atoms with Crippen molar-refractivity contribution in [2.75, 3.05) is 34.4 Å². The second kappa shape index (κ2) is 7.27. The Labute approximate surface area is 153 Å². The van der Waals surface area contributed by atoms with Crippen molar-refractivity contribution in [1.29, 1.82) is 0 Å². The van der Waals surface area contributed by atoms with Crippen LogP contribution < -0.4 is 14.8 Å². The third-order valence-electron chi connectivity index (χ3n) is 4.92.